The van der Waals surface area contributed by atoms with Crippen molar-refractivity contribution in [2.75, 3.05) is 0 Å². The van der Waals surface area contributed by atoms with Crippen LogP contribution in [0.15, 0.2) is 194 Å². The number of benzene rings is 8. The summed E-state index contributed by atoms with van der Waals surface area (Å²) in [5, 5.41) is 2.37. The van der Waals surface area contributed by atoms with Crippen LogP contribution in [0.5, 0.6) is 0 Å². The minimum absolute atomic E-state index is 0.384. The zero-order valence-corrected chi connectivity index (χ0v) is 30.8. The molecule has 0 amide bonds. The molecule has 1 atom stereocenters. The largest absolute Gasteiger partial charge is 0.292 e. The van der Waals surface area contributed by atoms with Crippen LogP contribution in [0.4, 0.5) is 0 Å². The van der Waals surface area contributed by atoms with E-state index >= 15 is 0 Å². The lowest BCUT2D eigenvalue weighted by atomic mass is 9.90. The smallest absolute Gasteiger partial charge is 0.165 e. The number of nitrogens with zero attached hydrogens (tertiary/aromatic N) is 3. The molecular weight excluding hydrogens is 679 g/mol. The average molecular weight is 716 g/mol. The number of aryl methyl sites for hydroxylation is 1. The summed E-state index contributed by atoms with van der Waals surface area (Å²) in [6, 6.07) is 70.1. The van der Waals surface area contributed by atoms with Gasteiger partial charge in [0.2, 0.25) is 0 Å². The Morgan fingerprint density at radius 2 is 0.946 bits per heavy atom. The van der Waals surface area contributed by atoms with Crippen molar-refractivity contribution in [1.29, 1.82) is 0 Å². The van der Waals surface area contributed by atoms with Gasteiger partial charge in [-0.25, -0.2) is 9.97 Å². The summed E-state index contributed by atoms with van der Waals surface area (Å²) in [7, 11) is 0. The Balaban J connectivity index is 1.10. The zero-order valence-electron chi connectivity index (χ0n) is 30.8. The summed E-state index contributed by atoms with van der Waals surface area (Å²) in [5.74, 6) is 1.21. The Bertz CT molecular complexity index is 3070. The van der Waals surface area contributed by atoms with Gasteiger partial charge in [0.05, 0.1) is 22.1 Å². The Kier molecular flexibility index (Phi) is 7.70. The maximum atomic E-state index is 5.36. The van der Waals surface area contributed by atoms with Crippen molar-refractivity contribution in [2.24, 2.45) is 0 Å². The number of rotatable bonds is 7. The van der Waals surface area contributed by atoms with Gasteiger partial charge >= 0.3 is 0 Å². The van der Waals surface area contributed by atoms with E-state index < -0.39 is 0 Å². The fourth-order valence-electron chi connectivity index (χ4n) is 8.93. The van der Waals surface area contributed by atoms with E-state index in [0.717, 1.165) is 52.0 Å². The summed E-state index contributed by atoms with van der Waals surface area (Å²) in [6.07, 6.45) is 2.14. The molecule has 264 valence electrons. The summed E-state index contributed by atoms with van der Waals surface area (Å²) in [5.41, 5.74) is 17.6. The van der Waals surface area contributed by atoms with Gasteiger partial charge in [-0.2, -0.15) is 0 Å². The molecule has 3 nitrogen and oxygen atoms in total. The maximum Gasteiger partial charge on any atom is 0.165 e. The molecule has 0 saturated carbocycles. The first-order valence-corrected chi connectivity index (χ1v) is 19.5. The molecule has 0 saturated heterocycles. The third-order valence-electron chi connectivity index (χ3n) is 11.6. The predicted molar refractivity (Wildman–Crippen MR) is 232 cm³/mol. The SMILES string of the molecule is c1ccc(CCC2c3ccccc3-c3cc(-c4ccc5c(c4)c4cc(-c6ccccc6)ccc4n5-c4nc5ccccc5nc4-c4ccccc4)ccc32)cc1. The van der Waals surface area contributed by atoms with E-state index in [9.17, 15) is 0 Å². The van der Waals surface area contributed by atoms with Crippen molar-refractivity contribution in [3.8, 4) is 50.5 Å². The molecule has 0 N–H and O–H groups in total. The van der Waals surface area contributed by atoms with Gasteiger partial charge < -0.3 is 0 Å². The Labute approximate surface area is 326 Å². The molecule has 1 aliphatic rings. The molecule has 3 heteroatoms. The average Bonchev–Trinajstić information content (AvgIpc) is 3.77. The third-order valence-corrected chi connectivity index (χ3v) is 11.6. The second-order valence-corrected chi connectivity index (χ2v) is 14.9. The highest BCUT2D eigenvalue weighted by molar-refractivity contribution is 6.12. The van der Waals surface area contributed by atoms with Crippen molar-refractivity contribution < 1.29 is 0 Å². The summed E-state index contributed by atoms with van der Waals surface area (Å²) >= 11 is 0. The van der Waals surface area contributed by atoms with Gasteiger partial charge in [-0.1, -0.05) is 152 Å². The Morgan fingerprint density at radius 3 is 1.66 bits per heavy atom. The van der Waals surface area contributed by atoms with E-state index in [2.05, 4.69) is 174 Å². The number of fused-ring (bicyclic) bond motifs is 7. The quantitative estimate of drug-likeness (QED) is 0.164. The normalized spacial score (nSPS) is 13.3. The summed E-state index contributed by atoms with van der Waals surface area (Å²) in [6.45, 7) is 0. The van der Waals surface area contributed by atoms with Crippen molar-refractivity contribution in [2.45, 2.75) is 18.8 Å². The highest BCUT2D eigenvalue weighted by atomic mass is 15.1. The van der Waals surface area contributed by atoms with Crippen LogP contribution in [0, 0.1) is 0 Å². The molecule has 8 aromatic carbocycles. The van der Waals surface area contributed by atoms with Crippen LogP contribution >= 0.6 is 0 Å². The van der Waals surface area contributed by atoms with Gasteiger partial charge in [0.15, 0.2) is 5.82 Å². The minimum Gasteiger partial charge on any atom is -0.292 e. The molecule has 0 fully saturated rings. The predicted octanol–water partition coefficient (Wildman–Crippen LogP) is 13.5. The van der Waals surface area contributed by atoms with Gasteiger partial charge in [0.25, 0.3) is 0 Å². The lowest BCUT2D eigenvalue weighted by Gasteiger charge is -2.15. The number of hydrogen-bond donors (Lipinski definition) is 0. The molecule has 11 rings (SSSR count). The molecule has 1 unspecified atom stereocenters. The number of hydrogen-bond acceptors (Lipinski definition) is 2. The Hall–Kier alpha value is -7.10. The topological polar surface area (TPSA) is 30.7 Å². The maximum absolute atomic E-state index is 5.36. The molecule has 0 radical (unpaired) electrons. The van der Waals surface area contributed by atoms with Crippen LogP contribution in [0.1, 0.15) is 29.0 Å². The summed E-state index contributed by atoms with van der Waals surface area (Å²) in [4.78, 5) is 10.6. The van der Waals surface area contributed by atoms with Gasteiger partial charge in [0.1, 0.15) is 5.69 Å². The van der Waals surface area contributed by atoms with Crippen molar-refractivity contribution >= 4 is 32.8 Å². The van der Waals surface area contributed by atoms with Crippen molar-refractivity contribution in [1.82, 2.24) is 14.5 Å². The second-order valence-electron chi connectivity index (χ2n) is 14.9. The molecule has 56 heavy (non-hydrogen) atoms. The van der Waals surface area contributed by atoms with Crippen molar-refractivity contribution in [3.63, 3.8) is 0 Å². The molecule has 0 bridgehead atoms. The van der Waals surface area contributed by atoms with Crippen LogP contribution in [0.25, 0.3) is 83.3 Å². The Morgan fingerprint density at radius 1 is 0.411 bits per heavy atom. The first-order chi connectivity index (χ1) is 27.8. The van der Waals surface area contributed by atoms with Crippen LogP contribution in [0.2, 0.25) is 0 Å². The molecule has 0 spiro atoms. The number of aromatic nitrogens is 3. The van der Waals surface area contributed by atoms with Crippen LogP contribution < -0.4 is 0 Å². The van der Waals surface area contributed by atoms with Gasteiger partial charge in [-0.3, -0.25) is 4.57 Å². The third kappa shape index (κ3) is 5.43. The summed E-state index contributed by atoms with van der Waals surface area (Å²) < 4.78 is 2.32. The second kappa shape index (κ2) is 13.3. The van der Waals surface area contributed by atoms with E-state index in [1.54, 1.807) is 0 Å². The van der Waals surface area contributed by atoms with Gasteiger partial charge in [-0.05, 0) is 105 Å². The monoisotopic (exact) mass is 715 g/mol. The molecule has 2 heterocycles. The standard InChI is InChI=1S/C53H37N3/c1-4-14-35(15-5-1)24-28-43-41-20-10-11-21-42(41)45-32-39(25-29-44(43)45)40-27-31-51-47(34-40)46-33-38(36-16-6-2-7-17-36)26-30-50(46)56(51)53-52(37-18-8-3-9-19-37)54-48-22-12-13-23-49(48)55-53/h1-23,25-27,29-34,43H,24,28H2. The van der Waals surface area contributed by atoms with Crippen LogP contribution in [-0.4, -0.2) is 14.5 Å². The molecule has 0 aliphatic heterocycles. The van der Waals surface area contributed by atoms with Crippen LogP contribution in [-0.2, 0) is 6.42 Å². The lowest BCUT2D eigenvalue weighted by Crippen LogP contribution is -2.03. The van der Waals surface area contributed by atoms with E-state index in [4.69, 9.17) is 9.97 Å². The van der Waals surface area contributed by atoms with E-state index in [0.29, 0.717) is 5.92 Å². The van der Waals surface area contributed by atoms with E-state index in [-0.39, 0.29) is 0 Å². The van der Waals surface area contributed by atoms with E-state index in [1.807, 2.05) is 24.3 Å². The fourth-order valence-corrected chi connectivity index (χ4v) is 8.93. The molecular formula is C53H37N3. The number of para-hydroxylation sites is 2. The molecule has 10 aromatic rings. The highest BCUT2D eigenvalue weighted by Crippen LogP contribution is 2.48. The minimum atomic E-state index is 0.384. The molecule has 2 aromatic heterocycles. The van der Waals surface area contributed by atoms with Crippen LogP contribution in [0.3, 0.4) is 0 Å². The van der Waals surface area contributed by atoms with Gasteiger partial charge in [0, 0.05) is 22.3 Å². The molecule has 1 aliphatic carbocycles. The van der Waals surface area contributed by atoms with Crippen molar-refractivity contribution in [3.05, 3.63) is 211 Å². The van der Waals surface area contributed by atoms with Gasteiger partial charge in [-0.15, -0.1) is 0 Å². The first-order valence-electron chi connectivity index (χ1n) is 19.5. The fraction of sp³-hybridized carbons (Fsp3) is 0.0566. The first kappa shape index (κ1) is 32.3. The highest BCUT2D eigenvalue weighted by Gasteiger charge is 2.29. The lowest BCUT2D eigenvalue weighted by molar-refractivity contribution is 0.729. The zero-order chi connectivity index (χ0) is 37.0. The van der Waals surface area contributed by atoms with E-state index in [1.165, 1.54) is 60.8 Å².